The molecule has 2 aliphatic heterocycles. The highest BCUT2D eigenvalue weighted by Gasteiger charge is 2.57. The van der Waals surface area contributed by atoms with Crippen molar-refractivity contribution >= 4 is 39.3 Å². The van der Waals surface area contributed by atoms with Crippen LogP contribution in [-0.2, 0) is 31.6 Å². The summed E-state index contributed by atoms with van der Waals surface area (Å²) >= 11 is 0. The van der Waals surface area contributed by atoms with Gasteiger partial charge in [-0.15, -0.1) is 0 Å². The second-order valence-corrected chi connectivity index (χ2v) is 18.7. The predicted octanol–water partition coefficient (Wildman–Crippen LogP) is 7.86. The van der Waals surface area contributed by atoms with E-state index in [1.165, 1.54) is 19.3 Å². The van der Waals surface area contributed by atoms with Gasteiger partial charge in [0.05, 0.1) is 40.3 Å². The van der Waals surface area contributed by atoms with E-state index in [0.717, 1.165) is 96.4 Å². The minimum Gasteiger partial charge on any atom is -0.497 e. The summed E-state index contributed by atoms with van der Waals surface area (Å²) in [4.78, 5) is 51.6. The molecular formula is C48H62N4O6S. The number of likely N-dealkylation sites (tertiary alicyclic amines) is 2. The van der Waals surface area contributed by atoms with Gasteiger partial charge in [-0.3, -0.25) is 23.5 Å². The van der Waals surface area contributed by atoms with Crippen molar-refractivity contribution < 1.29 is 28.4 Å². The maximum Gasteiger partial charge on any atom is 0.246 e. The highest BCUT2D eigenvalue weighted by atomic mass is 32.2. The zero-order chi connectivity index (χ0) is 41.4. The summed E-state index contributed by atoms with van der Waals surface area (Å²) in [6, 6.07) is 17.4. The van der Waals surface area contributed by atoms with Crippen molar-refractivity contribution in [2.24, 2.45) is 17.3 Å². The Hall–Kier alpha value is -4.19. The molecule has 316 valence electrons. The summed E-state index contributed by atoms with van der Waals surface area (Å²) in [7, 11) is 0.358. The van der Waals surface area contributed by atoms with Crippen LogP contribution in [0.3, 0.4) is 0 Å². The lowest BCUT2D eigenvalue weighted by Crippen LogP contribution is -2.45. The minimum atomic E-state index is -1.29. The lowest BCUT2D eigenvalue weighted by Gasteiger charge is -2.31. The van der Waals surface area contributed by atoms with Gasteiger partial charge in [-0.25, -0.2) is 4.98 Å². The third-order valence-corrected chi connectivity index (χ3v) is 14.4. The fourth-order valence-corrected chi connectivity index (χ4v) is 10.5. The lowest BCUT2D eigenvalue weighted by atomic mass is 9.93. The number of amides is 2. The van der Waals surface area contributed by atoms with Crippen LogP contribution in [-0.4, -0.2) is 86.5 Å². The number of aliphatic hydroxyl groups excluding tert-OH is 1. The molecular weight excluding hydrogens is 761 g/mol. The Labute approximate surface area is 352 Å². The molecule has 0 spiro atoms. The number of benzene rings is 2. The van der Waals surface area contributed by atoms with E-state index in [1.54, 1.807) is 18.2 Å². The Morgan fingerprint density at radius 1 is 1.05 bits per heavy atom. The van der Waals surface area contributed by atoms with Gasteiger partial charge in [0.15, 0.2) is 5.78 Å². The summed E-state index contributed by atoms with van der Waals surface area (Å²) in [5.41, 5.74) is 3.03. The number of hydrogen-bond donors (Lipinski definition) is 2. The maximum absolute atomic E-state index is 14.2. The van der Waals surface area contributed by atoms with E-state index in [2.05, 4.69) is 23.2 Å². The first-order chi connectivity index (χ1) is 28.7. The second-order valence-electron chi connectivity index (χ2n) is 17.2. The number of hydrogen-bond acceptors (Lipinski definition) is 8. The van der Waals surface area contributed by atoms with E-state index < -0.39 is 28.5 Å². The van der Waals surface area contributed by atoms with Gasteiger partial charge >= 0.3 is 0 Å². The molecule has 11 heteroatoms. The van der Waals surface area contributed by atoms with Crippen molar-refractivity contribution in [3.05, 3.63) is 83.4 Å². The molecule has 2 N–H and O–H groups in total. The highest BCUT2D eigenvalue weighted by molar-refractivity contribution is 7.90. The van der Waals surface area contributed by atoms with E-state index >= 15 is 0 Å². The van der Waals surface area contributed by atoms with Crippen LogP contribution in [0.15, 0.2) is 77.9 Å². The normalized spacial score (nSPS) is 23.9. The summed E-state index contributed by atoms with van der Waals surface area (Å²) in [6.07, 6.45) is 17.6. The number of fused-ring (bicyclic) bond motifs is 1. The van der Waals surface area contributed by atoms with Crippen molar-refractivity contribution in [1.82, 2.24) is 20.1 Å². The van der Waals surface area contributed by atoms with Gasteiger partial charge in [0, 0.05) is 54.2 Å². The van der Waals surface area contributed by atoms with Crippen molar-refractivity contribution in [1.29, 1.82) is 0 Å². The Bertz CT molecular complexity index is 2050. The van der Waals surface area contributed by atoms with E-state index in [0.29, 0.717) is 32.2 Å². The number of carbonyl (C=O) groups is 3. The molecule has 1 aromatic heterocycles. The standard InChI is InChI=1S/C48H62N4O6S/c1-3-4-5-6-11-16-37-31-48(37,44(53)33-59(57)39-18-19-39)23-24-49-47(56)43-28-34(32-52(43)46(55)22-21-45(54)51-25-12-8-13-26-51)27-36-29-41(35-14-9-7-10-15-35)50-42-30-38(58-2)17-20-40(36)42/h7,9-10,14-15,17-18,20,23-24,29-30,34,37,43,45,54H,3-6,8,11-13,16,19,21-22,25-28,31-33H2,1-2H3,(H,49,56). The van der Waals surface area contributed by atoms with Crippen LogP contribution < -0.4 is 10.1 Å². The molecule has 6 atom stereocenters. The number of nitrogens with one attached hydrogen (secondary N) is 1. The number of allylic oxidation sites excluding steroid dienone is 3. The maximum atomic E-state index is 14.2. The number of carbonyl (C=O) groups excluding carboxylic acids is 3. The van der Waals surface area contributed by atoms with Crippen molar-refractivity contribution in [3.8, 4) is 17.0 Å². The number of pyridine rings is 1. The summed E-state index contributed by atoms with van der Waals surface area (Å²) in [5.74, 6) is 0.444. The van der Waals surface area contributed by atoms with E-state index in [-0.39, 0.29) is 41.6 Å². The SMILES string of the molecule is CCCCCCCC1CC1(C=CNC(=O)C1CC(Cc2cc(-c3ccccc3)nc3cc(OC)ccc23)CN1C(=O)CCC(O)N1CCCCC1)C(=O)CS(=O)C1=CC1. The molecule has 3 fully saturated rings. The molecule has 2 aliphatic carbocycles. The van der Waals surface area contributed by atoms with Crippen molar-refractivity contribution in [3.63, 3.8) is 0 Å². The molecule has 2 saturated heterocycles. The summed E-state index contributed by atoms with van der Waals surface area (Å²) < 4.78 is 18.3. The van der Waals surface area contributed by atoms with E-state index in [4.69, 9.17) is 9.72 Å². The minimum absolute atomic E-state index is 0.00871. The fourth-order valence-electron chi connectivity index (χ4n) is 9.32. The molecule has 2 aromatic carbocycles. The Morgan fingerprint density at radius 3 is 2.58 bits per heavy atom. The van der Waals surface area contributed by atoms with Crippen LogP contribution in [0.1, 0.15) is 102 Å². The number of nitrogens with zero attached hydrogens (tertiary/aromatic N) is 3. The van der Waals surface area contributed by atoms with Gasteiger partial charge in [0.25, 0.3) is 0 Å². The van der Waals surface area contributed by atoms with Crippen LogP contribution in [0, 0.1) is 17.3 Å². The number of ether oxygens (including phenoxy) is 1. The molecule has 1 saturated carbocycles. The number of unbranched alkanes of at least 4 members (excludes halogenated alkanes) is 4. The Kier molecular flexibility index (Phi) is 14.5. The molecule has 3 aromatic rings. The van der Waals surface area contributed by atoms with Crippen molar-refractivity contribution in [2.75, 3.05) is 32.5 Å². The molecule has 4 aliphatic rings. The zero-order valence-electron chi connectivity index (χ0n) is 34.9. The summed E-state index contributed by atoms with van der Waals surface area (Å²) in [5, 5.41) is 15.0. The average molecular weight is 823 g/mol. The summed E-state index contributed by atoms with van der Waals surface area (Å²) in [6.45, 7) is 4.26. The number of methoxy groups -OCH3 is 1. The zero-order valence-corrected chi connectivity index (χ0v) is 35.7. The first-order valence-electron chi connectivity index (χ1n) is 22.0. The number of aromatic nitrogens is 1. The molecule has 6 unspecified atom stereocenters. The molecule has 7 rings (SSSR count). The number of rotatable bonds is 21. The first kappa shape index (κ1) is 42.9. The smallest absolute Gasteiger partial charge is 0.246 e. The van der Waals surface area contributed by atoms with Crippen LogP contribution in [0.4, 0.5) is 0 Å². The number of piperidine rings is 1. The quantitative estimate of drug-likeness (QED) is 0.104. The largest absolute Gasteiger partial charge is 0.497 e. The molecule has 3 heterocycles. The van der Waals surface area contributed by atoms with Gasteiger partial charge in [-0.05, 0) is 87.0 Å². The van der Waals surface area contributed by atoms with Gasteiger partial charge < -0.3 is 20.1 Å². The lowest BCUT2D eigenvalue weighted by molar-refractivity contribution is -0.139. The molecule has 0 radical (unpaired) electrons. The van der Waals surface area contributed by atoms with E-state index in [1.807, 2.05) is 60.7 Å². The Balaban J connectivity index is 1.09. The van der Waals surface area contributed by atoms with Gasteiger partial charge in [0.2, 0.25) is 11.8 Å². The van der Waals surface area contributed by atoms with Crippen molar-refractivity contribution in [2.45, 2.75) is 116 Å². The van der Waals surface area contributed by atoms with Gasteiger partial charge in [-0.1, -0.05) is 87.9 Å². The third kappa shape index (κ3) is 10.8. The monoisotopic (exact) mass is 822 g/mol. The van der Waals surface area contributed by atoms with Crippen LogP contribution in [0.2, 0.25) is 0 Å². The van der Waals surface area contributed by atoms with Gasteiger partial charge in [0.1, 0.15) is 18.0 Å². The highest BCUT2D eigenvalue weighted by Crippen LogP contribution is 2.57. The van der Waals surface area contributed by atoms with E-state index in [9.17, 15) is 23.7 Å². The average Bonchev–Trinajstić information content (AvgIpc) is 4.19. The molecule has 10 nitrogen and oxygen atoms in total. The van der Waals surface area contributed by atoms with Crippen LogP contribution in [0.5, 0.6) is 5.75 Å². The number of Topliss-reactive ketones (excluding diaryl/α,β-unsaturated/α-hetero) is 1. The number of aliphatic hydroxyl groups is 1. The molecule has 0 bridgehead atoms. The molecule has 59 heavy (non-hydrogen) atoms. The first-order valence-corrected chi connectivity index (χ1v) is 23.3. The fraction of sp³-hybridized carbons (Fsp3) is 0.542. The topological polar surface area (TPSA) is 129 Å². The Morgan fingerprint density at radius 2 is 1.83 bits per heavy atom. The second kappa shape index (κ2) is 19.9. The van der Waals surface area contributed by atoms with Crippen LogP contribution >= 0.6 is 0 Å². The third-order valence-electron chi connectivity index (χ3n) is 13.0. The predicted molar refractivity (Wildman–Crippen MR) is 234 cm³/mol. The molecule has 2 amide bonds. The number of ketones is 1. The van der Waals surface area contributed by atoms with Crippen LogP contribution in [0.25, 0.3) is 22.2 Å². The van der Waals surface area contributed by atoms with Gasteiger partial charge in [-0.2, -0.15) is 0 Å².